The van der Waals surface area contributed by atoms with Gasteiger partial charge in [-0.1, -0.05) is 12.1 Å². The van der Waals surface area contributed by atoms with Gasteiger partial charge < -0.3 is 24.2 Å². The molecule has 2 atom stereocenters. The van der Waals surface area contributed by atoms with Crippen LogP contribution in [0.1, 0.15) is 36.9 Å². The van der Waals surface area contributed by atoms with Gasteiger partial charge in [-0.25, -0.2) is 0 Å². The highest BCUT2D eigenvalue weighted by Gasteiger charge is 2.47. The Kier molecular flexibility index (Phi) is 6.46. The molecule has 32 heavy (non-hydrogen) atoms. The monoisotopic (exact) mass is 437 g/mol. The fourth-order valence-electron chi connectivity index (χ4n) is 4.24. The van der Waals surface area contributed by atoms with Crippen LogP contribution in [-0.2, 0) is 14.3 Å². The molecule has 2 unspecified atom stereocenters. The van der Waals surface area contributed by atoms with Crippen LogP contribution in [0.15, 0.2) is 54.1 Å². The number of hydrogen-bond donors (Lipinski definition) is 1. The maximum Gasteiger partial charge on any atom is 0.295 e. The molecule has 0 bridgehead atoms. The van der Waals surface area contributed by atoms with Crippen molar-refractivity contribution in [2.24, 2.45) is 0 Å². The van der Waals surface area contributed by atoms with E-state index in [1.54, 1.807) is 43.5 Å². The molecule has 2 aromatic carbocycles. The Bertz CT molecular complexity index is 1010. The Hall–Kier alpha value is -3.32. The quantitative estimate of drug-likeness (QED) is 0.404. The topological polar surface area (TPSA) is 85.3 Å². The minimum absolute atomic E-state index is 0.0716. The fraction of sp³-hybridized carbons (Fsp3) is 0.360. The van der Waals surface area contributed by atoms with Crippen molar-refractivity contribution in [3.8, 4) is 11.5 Å². The third-order valence-electron chi connectivity index (χ3n) is 5.83. The van der Waals surface area contributed by atoms with E-state index < -0.39 is 17.7 Å². The molecule has 1 amide bonds. The molecule has 2 aromatic rings. The second-order valence-electron chi connectivity index (χ2n) is 7.82. The molecular formula is C25H27NO6. The van der Waals surface area contributed by atoms with Crippen LogP contribution in [0.4, 0.5) is 0 Å². The molecule has 2 heterocycles. The number of nitrogens with zero attached hydrogens (tertiary/aromatic N) is 1. The zero-order valence-corrected chi connectivity index (χ0v) is 18.2. The van der Waals surface area contributed by atoms with Crippen LogP contribution < -0.4 is 9.47 Å². The summed E-state index contributed by atoms with van der Waals surface area (Å²) in [5, 5.41) is 11.1. The first kappa shape index (κ1) is 21.9. The van der Waals surface area contributed by atoms with E-state index in [2.05, 4.69) is 0 Å². The van der Waals surface area contributed by atoms with E-state index >= 15 is 0 Å². The number of likely N-dealkylation sites (tertiary alicyclic amines) is 1. The van der Waals surface area contributed by atoms with Gasteiger partial charge in [0, 0.05) is 18.7 Å². The van der Waals surface area contributed by atoms with Crippen LogP contribution in [0.25, 0.3) is 5.76 Å². The van der Waals surface area contributed by atoms with Crippen molar-refractivity contribution in [2.75, 3.05) is 26.9 Å². The Labute approximate surface area is 187 Å². The highest BCUT2D eigenvalue weighted by atomic mass is 16.5. The van der Waals surface area contributed by atoms with E-state index in [9.17, 15) is 14.7 Å². The number of rotatable bonds is 7. The van der Waals surface area contributed by atoms with Gasteiger partial charge in [-0.2, -0.15) is 0 Å². The lowest BCUT2D eigenvalue weighted by molar-refractivity contribution is -0.140. The average Bonchev–Trinajstić information content (AvgIpc) is 3.42. The summed E-state index contributed by atoms with van der Waals surface area (Å²) < 4.78 is 16.4. The molecule has 0 spiro atoms. The van der Waals surface area contributed by atoms with E-state index in [4.69, 9.17) is 14.2 Å². The summed E-state index contributed by atoms with van der Waals surface area (Å²) >= 11 is 0. The maximum atomic E-state index is 13.1. The molecule has 0 saturated carbocycles. The number of ether oxygens (including phenoxy) is 3. The van der Waals surface area contributed by atoms with Gasteiger partial charge in [0.1, 0.15) is 17.3 Å². The Balaban J connectivity index is 1.77. The average molecular weight is 437 g/mol. The molecule has 1 N–H and O–H groups in total. The van der Waals surface area contributed by atoms with Crippen molar-refractivity contribution in [3.05, 3.63) is 65.2 Å². The fourth-order valence-corrected chi connectivity index (χ4v) is 4.24. The van der Waals surface area contributed by atoms with E-state index in [-0.39, 0.29) is 17.4 Å². The molecule has 7 nitrogen and oxygen atoms in total. The maximum absolute atomic E-state index is 13.1. The predicted octanol–water partition coefficient (Wildman–Crippen LogP) is 3.69. The summed E-state index contributed by atoms with van der Waals surface area (Å²) in [5.74, 6) is -0.211. The number of hydrogen-bond acceptors (Lipinski definition) is 6. The Morgan fingerprint density at radius 2 is 1.78 bits per heavy atom. The first-order valence-electron chi connectivity index (χ1n) is 10.8. The van der Waals surface area contributed by atoms with Crippen molar-refractivity contribution < 1.29 is 28.9 Å². The predicted molar refractivity (Wildman–Crippen MR) is 119 cm³/mol. The standard InChI is InChI=1S/C25H27NO6/c1-3-31-19-12-8-17(9-13-19)23(27)21-22(16-6-10-18(30-2)11-7-16)26(25(29)24(21)28)15-20-5-4-14-32-20/h6-13,20,22,27H,3-5,14-15H2,1-2H3/b23-21+. The third kappa shape index (κ3) is 4.21. The smallest absolute Gasteiger partial charge is 0.295 e. The lowest BCUT2D eigenvalue weighted by Gasteiger charge is -2.27. The molecule has 2 saturated heterocycles. The van der Waals surface area contributed by atoms with Crippen LogP contribution in [0.3, 0.4) is 0 Å². The van der Waals surface area contributed by atoms with Crippen LogP contribution in [0.5, 0.6) is 11.5 Å². The highest BCUT2D eigenvalue weighted by molar-refractivity contribution is 6.46. The second-order valence-corrected chi connectivity index (χ2v) is 7.82. The summed E-state index contributed by atoms with van der Waals surface area (Å²) in [6, 6.07) is 13.3. The molecule has 2 aliphatic heterocycles. The third-order valence-corrected chi connectivity index (χ3v) is 5.83. The van der Waals surface area contributed by atoms with E-state index in [0.717, 1.165) is 18.4 Å². The molecular weight excluding hydrogens is 410 g/mol. The number of Topliss-reactive ketones (excluding diaryl/α,β-unsaturated/α-hetero) is 1. The molecule has 4 rings (SSSR count). The minimum atomic E-state index is -0.711. The van der Waals surface area contributed by atoms with Gasteiger partial charge >= 0.3 is 0 Å². The molecule has 2 aliphatic rings. The second kappa shape index (κ2) is 9.44. The van der Waals surface area contributed by atoms with Gasteiger partial charge in [0.05, 0.1) is 31.4 Å². The van der Waals surface area contributed by atoms with E-state index in [0.29, 0.717) is 36.8 Å². The Morgan fingerprint density at radius 1 is 1.09 bits per heavy atom. The molecule has 168 valence electrons. The number of aliphatic hydroxyl groups is 1. The van der Waals surface area contributed by atoms with Gasteiger partial charge in [0.25, 0.3) is 11.7 Å². The molecule has 0 aliphatic carbocycles. The van der Waals surface area contributed by atoms with E-state index in [1.165, 1.54) is 4.90 Å². The molecule has 7 heteroatoms. The Morgan fingerprint density at radius 3 is 2.38 bits per heavy atom. The van der Waals surface area contributed by atoms with Gasteiger partial charge in [0.2, 0.25) is 0 Å². The van der Waals surface area contributed by atoms with Crippen LogP contribution in [0.2, 0.25) is 0 Å². The van der Waals surface area contributed by atoms with Gasteiger partial charge in [-0.3, -0.25) is 9.59 Å². The van der Waals surface area contributed by atoms with Gasteiger partial charge in [-0.15, -0.1) is 0 Å². The lowest BCUT2D eigenvalue weighted by atomic mass is 9.95. The number of benzene rings is 2. The summed E-state index contributed by atoms with van der Waals surface area (Å²) in [4.78, 5) is 27.6. The van der Waals surface area contributed by atoms with Crippen LogP contribution in [0, 0.1) is 0 Å². The highest BCUT2D eigenvalue weighted by Crippen LogP contribution is 2.40. The lowest BCUT2D eigenvalue weighted by Crippen LogP contribution is -2.36. The van der Waals surface area contributed by atoms with Crippen molar-refractivity contribution in [2.45, 2.75) is 31.9 Å². The van der Waals surface area contributed by atoms with E-state index in [1.807, 2.05) is 19.1 Å². The van der Waals surface area contributed by atoms with Crippen LogP contribution in [-0.4, -0.2) is 54.7 Å². The number of aliphatic hydroxyl groups excluding tert-OH is 1. The largest absolute Gasteiger partial charge is 0.507 e. The number of ketones is 1. The first-order chi connectivity index (χ1) is 15.5. The van der Waals surface area contributed by atoms with Gasteiger partial charge in [-0.05, 0) is 61.7 Å². The van der Waals surface area contributed by atoms with Gasteiger partial charge in [0.15, 0.2) is 0 Å². The van der Waals surface area contributed by atoms with Crippen molar-refractivity contribution in [1.82, 2.24) is 4.90 Å². The van der Waals surface area contributed by atoms with Crippen LogP contribution >= 0.6 is 0 Å². The summed E-state index contributed by atoms with van der Waals surface area (Å²) in [6.07, 6.45) is 1.63. The number of methoxy groups -OCH3 is 1. The summed E-state index contributed by atoms with van der Waals surface area (Å²) in [5.41, 5.74) is 1.24. The summed E-state index contributed by atoms with van der Waals surface area (Å²) in [7, 11) is 1.57. The normalized spacial score (nSPS) is 22.4. The van der Waals surface area contributed by atoms with Crippen molar-refractivity contribution in [3.63, 3.8) is 0 Å². The summed E-state index contributed by atoms with van der Waals surface area (Å²) in [6.45, 7) is 3.35. The minimum Gasteiger partial charge on any atom is -0.507 e. The molecule has 2 fully saturated rings. The first-order valence-corrected chi connectivity index (χ1v) is 10.8. The number of carbonyl (C=O) groups is 2. The SMILES string of the molecule is CCOc1ccc(/C(O)=C2\C(=O)C(=O)N(CC3CCCO3)C2c2ccc(OC)cc2)cc1. The van der Waals surface area contributed by atoms with Crippen molar-refractivity contribution in [1.29, 1.82) is 0 Å². The zero-order valence-electron chi connectivity index (χ0n) is 18.2. The molecule has 0 aromatic heterocycles. The molecule has 0 radical (unpaired) electrons. The number of amides is 1. The zero-order chi connectivity index (χ0) is 22.7. The van der Waals surface area contributed by atoms with Crippen molar-refractivity contribution >= 4 is 17.4 Å². The number of carbonyl (C=O) groups excluding carboxylic acids is 2.